The summed E-state index contributed by atoms with van der Waals surface area (Å²) >= 11 is 0. The lowest BCUT2D eigenvalue weighted by Gasteiger charge is -2.32. The summed E-state index contributed by atoms with van der Waals surface area (Å²) in [6, 6.07) is 11.4. The lowest BCUT2D eigenvalue weighted by molar-refractivity contribution is 0.183. The zero-order valence-corrected chi connectivity index (χ0v) is 14.5. The van der Waals surface area contributed by atoms with Crippen LogP contribution >= 0.6 is 0 Å². The highest BCUT2D eigenvalue weighted by molar-refractivity contribution is 5.14. The molecule has 0 saturated carbocycles. The van der Waals surface area contributed by atoms with Crippen LogP contribution in [0.1, 0.15) is 24.0 Å². The van der Waals surface area contributed by atoms with E-state index in [0.717, 1.165) is 19.6 Å². The minimum Gasteiger partial charge on any atom is -0.383 e. The van der Waals surface area contributed by atoms with E-state index in [0.29, 0.717) is 12.6 Å². The molecule has 0 amide bonds. The van der Waals surface area contributed by atoms with Crippen molar-refractivity contribution in [2.24, 2.45) is 0 Å². The highest BCUT2D eigenvalue weighted by atomic mass is 16.5. The molecule has 24 heavy (non-hydrogen) atoms. The largest absolute Gasteiger partial charge is 0.383 e. The summed E-state index contributed by atoms with van der Waals surface area (Å²) in [5.74, 6) is 0. The van der Waals surface area contributed by atoms with E-state index >= 15 is 0 Å². The van der Waals surface area contributed by atoms with Gasteiger partial charge in [-0.25, -0.2) is 0 Å². The highest BCUT2D eigenvalue weighted by Gasteiger charge is 2.18. The summed E-state index contributed by atoms with van der Waals surface area (Å²) in [7, 11) is 1.72. The maximum Gasteiger partial charge on any atom is 0.0658 e. The first-order chi connectivity index (χ1) is 11.8. The lowest BCUT2D eigenvalue weighted by Crippen LogP contribution is -2.41. The maximum atomic E-state index is 5.08. The first-order valence-corrected chi connectivity index (χ1v) is 8.83. The van der Waals surface area contributed by atoms with Crippen molar-refractivity contribution < 1.29 is 4.74 Å². The van der Waals surface area contributed by atoms with Crippen molar-refractivity contribution in [3.8, 4) is 0 Å². The van der Waals surface area contributed by atoms with Gasteiger partial charge in [0, 0.05) is 38.0 Å². The van der Waals surface area contributed by atoms with E-state index in [1.54, 1.807) is 7.11 Å². The van der Waals surface area contributed by atoms with Gasteiger partial charge in [-0.3, -0.25) is 9.58 Å². The number of hydrogen-bond donors (Lipinski definition) is 1. The Hall–Kier alpha value is -1.69. The fourth-order valence-electron chi connectivity index (χ4n) is 3.20. The quantitative estimate of drug-likeness (QED) is 0.807. The van der Waals surface area contributed by atoms with E-state index in [4.69, 9.17) is 4.74 Å². The Morgan fingerprint density at radius 1 is 1.17 bits per heavy atom. The molecule has 3 rings (SSSR count). The zero-order valence-electron chi connectivity index (χ0n) is 14.5. The van der Waals surface area contributed by atoms with Gasteiger partial charge < -0.3 is 10.1 Å². The first kappa shape index (κ1) is 17.1. The van der Waals surface area contributed by atoms with Gasteiger partial charge in [0.2, 0.25) is 0 Å². The molecular formula is C19H28N4O. The van der Waals surface area contributed by atoms with Crippen molar-refractivity contribution in [3.05, 3.63) is 53.9 Å². The molecule has 0 bridgehead atoms. The van der Waals surface area contributed by atoms with Gasteiger partial charge in [0.05, 0.1) is 19.3 Å². The van der Waals surface area contributed by atoms with E-state index in [9.17, 15) is 0 Å². The number of aromatic nitrogens is 2. The van der Waals surface area contributed by atoms with Gasteiger partial charge in [0.15, 0.2) is 0 Å². The second-order valence-electron chi connectivity index (χ2n) is 6.52. The van der Waals surface area contributed by atoms with Crippen molar-refractivity contribution in [2.75, 3.05) is 26.8 Å². The molecule has 130 valence electrons. The SMILES string of the molecule is COCCn1cc(CNC2CCN(Cc3ccccc3)CC2)cn1. The third kappa shape index (κ3) is 5.16. The number of methoxy groups -OCH3 is 1. The Morgan fingerprint density at radius 2 is 1.96 bits per heavy atom. The molecule has 2 heterocycles. The Bertz CT molecular complexity index is 590. The molecule has 1 fully saturated rings. The molecule has 1 aliphatic heterocycles. The van der Waals surface area contributed by atoms with Crippen molar-refractivity contribution >= 4 is 0 Å². The smallest absolute Gasteiger partial charge is 0.0658 e. The third-order valence-electron chi connectivity index (χ3n) is 4.64. The summed E-state index contributed by atoms with van der Waals surface area (Å²) in [6.07, 6.45) is 6.49. The predicted molar refractivity (Wildman–Crippen MR) is 95.7 cm³/mol. The number of nitrogens with one attached hydrogen (secondary N) is 1. The molecule has 5 nitrogen and oxygen atoms in total. The fraction of sp³-hybridized carbons (Fsp3) is 0.526. The Balaban J connectivity index is 1.37. The van der Waals surface area contributed by atoms with Gasteiger partial charge in [0.1, 0.15) is 0 Å². The number of hydrogen-bond acceptors (Lipinski definition) is 4. The molecule has 0 atom stereocenters. The molecule has 0 radical (unpaired) electrons. The van der Waals surface area contributed by atoms with Gasteiger partial charge in [-0.05, 0) is 31.5 Å². The molecule has 1 aromatic heterocycles. The number of piperidine rings is 1. The summed E-state index contributed by atoms with van der Waals surface area (Å²) in [4.78, 5) is 2.55. The maximum absolute atomic E-state index is 5.08. The molecule has 1 saturated heterocycles. The molecular weight excluding hydrogens is 300 g/mol. The molecule has 0 spiro atoms. The van der Waals surface area contributed by atoms with Gasteiger partial charge in [0.25, 0.3) is 0 Å². The zero-order chi connectivity index (χ0) is 16.6. The van der Waals surface area contributed by atoms with Gasteiger partial charge >= 0.3 is 0 Å². The second-order valence-corrected chi connectivity index (χ2v) is 6.52. The molecule has 2 aromatic rings. The Morgan fingerprint density at radius 3 is 2.71 bits per heavy atom. The third-order valence-corrected chi connectivity index (χ3v) is 4.64. The second kappa shape index (κ2) is 8.97. The van der Waals surface area contributed by atoms with E-state index in [1.807, 2.05) is 10.9 Å². The van der Waals surface area contributed by atoms with Crippen LogP contribution in [-0.4, -0.2) is 47.5 Å². The summed E-state index contributed by atoms with van der Waals surface area (Å²) in [5.41, 5.74) is 2.66. The lowest BCUT2D eigenvalue weighted by atomic mass is 10.0. The number of benzene rings is 1. The Labute approximate surface area is 144 Å². The summed E-state index contributed by atoms with van der Waals surface area (Å²) in [5, 5.41) is 8.05. The average molecular weight is 328 g/mol. The van der Waals surface area contributed by atoms with E-state index < -0.39 is 0 Å². The van der Waals surface area contributed by atoms with E-state index in [2.05, 4.69) is 51.8 Å². The monoisotopic (exact) mass is 328 g/mol. The molecule has 1 aromatic carbocycles. The van der Waals surface area contributed by atoms with E-state index in [-0.39, 0.29) is 0 Å². The summed E-state index contributed by atoms with van der Waals surface area (Å²) in [6.45, 7) is 5.82. The van der Waals surface area contributed by atoms with Crippen LogP contribution < -0.4 is 5.32 Å². The number of ether oxygens (including phenoxy) is 1. The average Bonchev–Trinajstić information content (AvgIpc) is 3.08. The fourth-order valence-corrected chi connectivity index (χ4v) is 3.20. The Kier molecular flexibility index (Phi) is 6.41. The summed E-state index contributed by atoms with van der Waals surface area (Å²) < 4.78 is 7.03. The van der Waals surface area contributed by atoms with Crippen LogP contribution in [0.5, 0.6) is 0 Å². The first-order valence-electron chi connectivity index (χ1n) is 8.83. The van der Waals surface area contributed by atoms with E-state index in [1.165, 1.54) is 37.1 Å². The topological polar surface area (TPSA) is 42.3 Å². The number of nitrogens with zero attached hydrogens (tertiary/aromatic N) is 3. The molecule has 1 aliphatic rings. The van der Waals surface area contributed by atoms with Gasteiger partial charge in [-0.1, -0.05) is 30.3 Å². The van der Waals surface area contributed by atoms with Crippen molar-refractivity contribution in [1.29, 1.82) is 0 Å². The predicted octanol–water partition coefficient (Wildman–Crippen LogP) is 2.28. The molecule has 0 unspecified atom stereocenters. The normalized spacial score (nSPS) is 16.5. The van der Waals surface area contributed by atoms with Crippen molar-refractivity contribution in [1.82, 2.24) is 20.0 Å². The van der Waals surface area contributed by atoms with Crippen molar-refractivity contribution in [2.45, 2.75) is 38.5 Å². The van der Waals surface area contributed by atoms with Crippen LogP contribution in [0.4, 0.5) is 0 Å². The molecule has 0 aliphatic carbocycles. The number of rotatable bonds is 8. The van der Waals surface area contributed by atoms with Gasteiger partial charge in [-0.2, -0.15) is 5.10 Å². The number of likely N-dealkylation sites (tertiary alicyclic amines) is 1. The van der Waals surface area contributed by atoms with Crippen molar-refractivity contribution in [3.63, 3.8) is 0 Å². The van der Waals surface area contributed by atoms with Crippen LogP contribution in [0.3, 0.4) is 0 Å². The van der Waals surface area contributed by atoms with Crippen LogP contribution in [0.15, 0.2) is 42.7 Å². The minimum absolute atomic E-state index is 0.611. The standard InChI is InChI=1S/C19H28N4O/c1-24-12-11-23-16-18(14-21-23)13-20-19-7-9-22(10-8-19)15-17-5-3-2-4-6-17/h2-6,14,16,19-20H,7-13,15H2,1H3. The van der Waals surface area contributed by atoms with Crippen LogP contribution in [0.25, 0.3) is 0 Å². The van der Waals surface area contributed by atoms with Crippen LogP contribution in [0, 0.1) is 0 Å². The molecule has 5 heteroatoms. The van der Waals surface area contributed by atoms with Crippen LogP contribution in [-0.2, 0) is 24.4 Å². The molecule has 1 N–H and O–H groups in total. The highest BCUT2D eigenvalue weighted by Crippen LogP contribution is 2.14. The van der Waals surface area contributed by atoms with Crippen LogP contribution in [0.2, 0.25) is 0 Å². The minimum atomic E-state index is 0.611. The van der Waals surface area contributed by atoms with Gasteiger partial charge in [-0.15, -0.1) is 0 Å².